The van der Waals surface area contributed by atoms with Crippen molar-refractivity contribution in [2.24, 2.45) is 0 Å². The van der Waals surface area contributed by atoms with Gasteiger partial charge in [0.05, 0.1) is 0 Å². The first-order valence-corrected chi connectivity index (χ1v) is 35.6. The van der Waals surface area contributed by atoms with E-state index in [1.54, 1.807) is 27.7 Å². The molecule has 4 aliphatic heterocycles. The Balaban J connectivity index is -0.000000561. The second-order valence-electron chi connectivity index (χ2n) is 19.3. The quantitative estimate of drug-likeness (QED) is 0.0244. The summed E-state index contributed by atoms with van der Waals surface area (Å²) in [6.45, 7) is 6.80. The van der Waals surface area contributed by atoms with Crippen LogP contribution in [0, 0.1) is 0 Å². The number of alkyl halides is 34. The van der Waals surface area contributed by atoms with Crippen molar-refractivity contribution in [3.05, 3.63) is 0 Å². The number of hydrogen-bond donors (Lipinski definition) is 0. The van der Waals surface area contributed by atoms with Crippen LogP contribution in [0.15, 0.2) is 0 Å². The molecule has 4 rings (SSSR count). The summed E-state index contributed by atoms with van der Waals surface area (Å²) in [6.07, 6.45) is -9.64. The fraction of sp³-hybridized carbons (Fsp3) is 0.907. The van der Waals surface area contributed by atoms with Gasteiger partial charge in [-0.1, -0.05) is 0 Å². The average molecular weight is 1730 g/mol. The molecule has 16 nitrogen and oxygen atoms in total. The molecule has 0 spiro atoms. The number of carbonyl (C=O) groups is 4. The van der Waals surface area contributed by atoms with Crippen LogP contribution in [0.1, 0.15) is 79.1 Å². The number of carbonyl (C=O) groups excluding carboxylic acids is 4. The van der Waals surface area contributed by atoms with Crippen LogP contribution in [0.5, 0.6) is 0 Å². The minimum absolute atomic E-state index is 0.375. The molecule has 0 aromatic heterocycles. The second-order valence-corrected chi connectivity index (χ2v) is 31.8. The van der Waals surface area contributed by atoms with Crippen molar-refractivity contribution in [1.29, 1.82) is 0 Å². The summed E-state index contributed by atoms with van der Waals surface area (Å²) < 4.78 is 424. The predicted octanol–water partition coefficient (Wildman–Crippen LogP) is 12.4. The lowest BCUT2D eigenvalue weighted by molar-refractivity contribution is -0.777. The van der Waals surface area contributed by atoms with Gasteiger partial charge in [-0.15, -0.1) is 0 Å². The molecule has 0 amide bonds. The van der Waals surface area contributed by atoms with Gasteiger partial charge in [-0.3, -0.25) is 39.3 Å². The van der Waals surface area contributed by atoms with E-state index in [4.69, 9.17) is 15.8 Å². The molecule has 4 heterocycles. The van der Waals surface area contributed by atoms with E-state index in [1.807, 2.05) is 5.04 Å². The minimum atomic E-state index is -8.71. The van der Waals surface area contributed by atoms with Gasteiger partial charge in [0, 0.05) is 0 Å². The predicted molar refractivity (Wildman–Crippen MR) is 285 cm³/mol. The van der Waals surface area contributed by atoms with Crippen LogP contribution < -0.4 is 21.0 Å². The van der Waals surface area contributed by atoms with E-state index in [0.717, 1.165) is 23.0 Å². The Bertz CT molecular complexity index is 2250. The van der Waals surface area contributed by atoms with Crippen LogP contribution >= 0.6 is 48.2 Å². The molecule has 0 N–H and O–H groups in total. The van der Waals surface area contributed by atoms with Gasteiger partial charge in [-0.2, -0.15) is 167 Å². The number of rotatable bonds is 27. The first-order chi connectivity index (χ1) is 45.1. The number of Topliss-reactive ketones (excluding diaryl/α,β-unsaturated/α-hetero) is 4. The van der Waals surface area contributed by atoms with Gasteiger partial charge in [-0.25, -0.2) is 0 Å². The molecule has 0 aromatic rings. The van der Waals surface area contributed by atoms with Gasteiger partial charge >= 0.3 is 87.2 Å². The lowest BCUT2D eigenvalue weighted by Gasteiger charge is -2.42. The van der Waals surface area contributed by atoms with E-state index < -0.39 is 135 Å². The SMILES string of the molecule is CC(=O)C[S+]1CCCC1.CC(=O)C[S+]1CCCC1.CC(=O)C[S+]1CCCC1.CC(=O)C[S+]1CCCC1.[O-]OOSC(F)(F)C(F)(F)C(F)(F)C(F)(F)C(F)(F)C(F)(F)C(F)(F)C(F)(F)F.[O-]OOSC(F)(F)C(F)(F)C(F)(F)C(F)(F)F.[O-]OOSC(F)(F)C(F)(F)F.[O-]OOSC(F)(F)F. The third-order valence-corrected chi connectivity index (χ3v) is 23.1. The number of ketones is 4. The summed E-state index contributed by atoms with van der Waals surface area (Å²) in [6, 6.07) is 0. The van der Waals surface area contributed by atoms with Crippen molar-refractivity contribution in [2.75, 3.05) is 69.0 Å². The van der Waals surface area contributed by atoms with E-state index in [9.17, 15) is 174 Å². The van der Waals surface area contributed by atoms with Crippen LogP contribution in [0.25, 0.3) is 0 Å². The fourth-order valence-corrected chi connectivity index (χ4v) is 16.6. The fourth-order valence-electron chi connectivity index (χ4n) is 6.47. The van der Waals surface area contributed by atoms with Crippen LogP contribution in [0.3, 0.4) is 0 Å². The zero-order valence-corrected chi connectivity index (χ0v) is 56.8. The molecule has 0 bridgehead atoms. The average Bonchev–Trinajstić information content (AvgIpc) is 1.16. The Morgan fingerprint density at radius 2 is 0.436 bits per heavy atom. The molecule has 101 heavy (non-hydrogen) atoms. The highest BCUT2D eigenvalue weighted by molar-refractivity contribution is 7.98. The van der Waals surface area contributed by atoms with Gasteiger partial charge in [-0.05, 0) is 123 Å². The third-order valence-electron chi connectivity index (χ3n) is 10.9. The Labute approximate surface area is 575 Å². The van der Waals surface area contributed by atoms with E-state index in [0.29, 0.717) is 66.7 Å². The summed E-state index contributed by atoms with van der Waals surface area (Å²) >= 11 is -6.91. The minimum Gasteiger partial charge on any atom is -0.691 e. The number of halogens is 34. The monoisotopic (exact) mass is 1730 g/mol. The normalized spacial score (nSPS) is 17.0. The summed E-state index contributed by atoms with van der Waals surface area (Å²) in [5.41, 5.74) is -4.58. The zero-order chi connectivity index (χ0) is 80.7. The third kappa shape index (κ3) is 35.2. The van der Waals surface area contributed by atoms with Crippen molar-refractivity contribution in [1.82, 2.24) is 0 Å². The topological polar surface area (TPSA) is 234 Å². The zero-order valence-electron chi connectivity index (χ0n) is 50.3. The molecule has 0 aliphatic carbocycles. The standard InChI is InChI=1S/C8HF17O3S.4C7H13OS.C4HF9O3S.C2HF5O3S.CHF3O3S/c9-1(10,3(13,14)5(17,18)7(21,22)23)2(11,12)4(15,16)6(19,20)8(24,25)29-28-27-26;4*1-7(8)6-9-4-2-3-5-9;5-1(6,3(9,10)11)2(7,8)4(12,13)17-16-15-14;3-1(4,5)2(6,7)11-10-9-8;2-1(3,4)8-7-6-5/h26H;4*2-6H2,1H3;14H;8H;5H/q;4*+1;;;/p-4. The molecule has 0 unspecified atom stereocenters. The maximum absolute atomic E-state index is 13.1. The van der Waals surface area contributed by atoms with Crippen LogP contribution in [-0.4, -0.2) is 179 Å². The number of hydrogen-bond acceptors (Lipinski definition) is 20. The summed E-state index contributed by atoms with van der Waals surface area (Å²) in [5, 5.41) is 26.5. The molecule has 0 radical (unpaired) electrons. The second kappa shape index (κ2) is 44.9. The van der Waals surface area contributed by atoms with Gasteiger partial charge in [0.1, 0.15) is 94.2 Å². The smallest absolute Gasteiger partial charge is 0.470 e. The Kier molecular flexibility index (Phi) is 47.1. The van der Waals surface area contributed by atoms with Gasteiger partial charge < -0.3 is 21.0 Å². The van der Waals surface area contributed by atoms with Crippen molar-refractivity contribution < 1.29 is 227 Å². The van der Waals surface area contributed by atoms with Crippen molar-refractivity contribution in [3.8, 4) is 0 Å². The summed E-state index contributed by atoms with van der Waals surface area (Å²) in [7, 11) is 1.97. The van der Waals surface area contributed by atoms with Gasteiger partial charge in [0.25, 0.3) is 0 Å². The maximum Gasteiger partial charge on any atom is 0.470 e. The lowest BCUT2D eigenvalue weighted by Crippen LogP contribution is -2.74. The van der Waals surface area contributed by atoms with Crippen molar-refractivity contribution >= 4 is 115 Å². The van der Waals surface area contributed by atoms with E-state index in [-0.39, 0.29) is 0 Å². The molecule has 606 valence electrons. The van der Waals surface area contributed by atoms with Crippen LogP contribution in [-0.2, 0) is 100 Å². The molecule has 58 heteroatoms. The van der Waals surface area contributed by atoms with Crippen molar-refractivity contribution in [2.45, 2.75) is 166 Å². The molecule has 0 saturated carbocycles. The Hall–Kier alpha value is -1.38. The highest BCUT2D eigenvalue weighted by Crippen LogP contribution is 2.65. The van der Waals surface area contributed by atoms with Crippen molar-refractivity contribution in [3.63, 3.8) is 0 Å². The highest BCUT2D eigenvalue weighted by atomic mass is 32.2. The Morgan fingerprint density at radius 1 is 0.267 bits per heavy atom. The van der Waals surface area contributed by atoms with Gasteiger partial charge in [0.2, 0.25) is 0 Å². The Morgan fingerprint density at radius 3 is 0.604 bits per heavy atom. The molecular weight excluding hydrogens is 1670 g/mol. The molecule has 0 aromatic carbocycles. The maximum atomic E-state index is 13.1. The molecular formula is C43H52F34O16S8. The van der Waals surface area contributed by atoms with E-state index in [1.165, 1.54) is 97.4 Å². The highest BCUT2D eigenvalue weighted by Gasteiger charge is 2.95. The van der Waals surface area contributed by atoms with Crippen LogP contribution in [0.2, 0.25) is 0 Å². The van der Waals surface area contributed by atoms with E-state index in [2.05, 4.69) is 32.5 Å². The lowest BCUT2D eigenvalue weighted by atomic mass is 9.91. The molecule has 4 fully saturated rings. The molecule has 4 saturated heterocycles. The van der Waals surface area contributed by atoms with Gasteiger partial charge in [0.15, 0.2) is 46.1 Å². The first kappa shape index (κ1) is 106. The molecule has 0 atom stereocenters. The summed E-state index contributed by atoms with van der Waals surface area (Å²) in [4.78, 5) is 42.4. The first-order valence-electron chi connectivity index (χ1n) is 25.7. The largest absolute Gasteiger partial charge is 0.691 e. The van der Waals surface area contributed by atoms with E-state index >= 15 is 0 Å². The molecule has 4 aliphatic rings. The van der Waals surface area contributed by atoms with Crippen LogP contribution in [0.4, 0.5) is 149 Å². The summed E-state index contributed by atoms with van der Waals surface area (Å²) in [5.74, 6) is -48.9.